The summed E-state index contributed by atoms with van der Waals surface area (Å²) < 4.78 is 37.2. The maximum Gasteiger partial charge on any atom is 0.416 e. The van der Waals surface area contributed by atoms with E-state index in [1.165, 1.54) is 18.3 Å². The number of thiazole rings is 1. The summed E-state index contributed by atoms with van der Waals surface area (Å²) in [5, 5.41) is 9.13. The second-order valence-electron chi connectivity index (χ2n) is 3.78. The molecule has 0 spiro atoms. The van der Waals surface area contributed by atoms with E-state index in [1.54, 1.807) is 0 Å². The molecular formula is C12H8F3NO2S. The Morgan fingerprint density at radius 1 is 1.26 bits per heavy atom. The normalized spacial score (nSPS) is 11.5. The van der Waals surface area contributed by atoms with Crippen LogP contribution < -0.4 is 0 Å². The lowest BCUT2D eigenvalue weighted by Gasteiger charge is -2.06. The minimum absolute atomic E-state index is 0.141. The third kappa shape index (κ3) is 3.31. The zero-order chi connectivity index (χ0) is 14.0. The van der Waals surface area contributed by atoms with Crippen LogP contribution in [-0.4, -0.2) is 16.1 Å². The first-order chi connectivity index (χ1) is 8.86. The number of carboxylic acid groups (broad SMARTS) is 1. The summed E-state index contributed by atoms with van der Waals surface area (Å²) >= 11 is 1.15. The second-order valence-corrected chi connectivity index (χ2v) is 4.89. The van der Waals surface area contributed by atoms with Crippen molar-refractivity contribution < 1.29 is 23.1 Å². The molecule has 0 saturated carbocycles. The lowest BCUT2D eigenvalue weighted by molar-refractivity contribution is -0.138. The summed E-state index contributed by atoms with van der Waals surface area (Å²) in [6, 6.07) is 4.61. The molecule has 0 amide bonds. The Balaban J connectivity index is 2.23. The Morgan fingerprint density at radius 3 is 2.42 bits per heavy atom. The maximum absolute atomic E-state index is 12.4. The second kappa shape index (κ2) is 5.00. The van der Waals surface area contributed by atoms with Crippen LogP contribution in [0.2, 0.25) is 0 Å². The molecule has 0 fully saturated rings. The van der Waals surface area contributed by atoms with Crippen molar-refractivity contribution in [3.05, 3.63) is 40.9 Å². The molecular weight excluding hydrogens is 279 g/mol. The molecule has 0 aliphatic heterocycles. The van der Waals surface area contributed by atoms with Gasteiger partial charge in [-0.2, -0.15) is 13.2 Å². The van der Waals surface area contributed by atoms with Gasteiger partial charge in [0.25, 0.3) is 0 Å². The Hall–Kier alpha value is -1.89. The molecule has 7 heteroatoms. The molecule has 2 rings (SSSR count). The molecule has 2 aromatic rings. The highest BCUT2D eigenvalue weighted by molar-refractivity contribution is 7.15. The van der Waals surface area contributed by atoms with Gasteiger partial charge in [-0.1, -0.05) is 12.1 Å². The van der Waals surface area contributed by atoms with Gasteiger partial charge in [-0.3, -0.25) is 4.79 Å². The van der Waals surface area contributed by atoms with Gasteiger partial charge >= 0.3 is 12.1 Å². The van der Waals surface area contributed by atoms with E-state index in [-0.39, 0.29) is 6.42 Å². The average molecular weight is 287 g/mol. The van der Waals surface area contributed by atoms with Crippen LogP contribution in [0.1, 0.15) is 10.4 Å². The van der Waals surface area contributed by atoms with Gasteiger partial charge in [-0.15, -0.1) is 11.3 Å². The van der Waals surface area contributed by atoms with E-state index in [4.69, 9.17) is 5.11 Å². The van der Waals surface area contributed by atoms with Crippen LogP contribution in [0.5, 0.6) is 0 Å². The van der Waals surface area contributed by atoms with E-state index >= 15 is 0 Å². The molecule has 100 valence electrons. The molecule has 19 heavy (non-hydrogen) atoms. The fourth-order valence-electron chi connectivity index (χ4n) is 1.47. The van der Waals surface area contributed by atoms with Crippen LogP contribution in [0.3, 0.4) is 0 Å². The van der Waals surface area contributed by atoms with Crippen LogP contribution in [-0.2, 0) is 17.4 Å². The molecule has 0 aliphatic rings. The molecule has 3 nitrogen and oxygen atoms in total. The molecule has 1 aromatic heterocycles. The minimum Gasteiger partial charge on any atom is -0.481 e. The quantitative estimate of drug-likeness (QED) is 0.940. The summed E-state index contributed by atoms with van der Waals surface area (Å²) in [5.41, 5.74) is -0.187. The Labute approximate surface area is 110 Å². The Bertz CT molecular complexity index is 590. The smallest absolute Gasteiger partial charge is 0.416 e. The van der Waals surface area contributed by atoms with Crippen LogP contribution in [0, 0.1) is 0 Å². The van der Waals surface area contributed by atoms with Crippen molar-refractivity contribution in [1.29, 1.82) is 0 Å². The number of aromatic nitrogens is 1. The zero-order valence-electron chi connectivity index (χ0n) is 9.44. The first-order valence-corrected chi connectivity index (χ1v) is 6.02. The molecule has 0 atom stereocenters. The number of halogens is 3. The zero-order valence-corrected chi connectivity index (χ0v) is 10.3. The lowest BCUT2D eigenvalue weighted by Crippen LogP contribution is -2.03. The molecule has 1 heterocycles. The van der Waals surface area contributed by atoms with Crippen molar-refractivity contribution in [3.8, 4) is 10.6 Å². The first-order valence-electron chi connectivity index (χ1n) is 5.20. The van der Waals surface area contributed by atoms with E-state index in [9.17, 15) is 18.0 Å². The van der Waals surface area contributed by atoms with Crippen LogP contribution >= 0.6 is 11.3 Å². The number of benzene rings is 1. The third-order valence-electron chi connectivity index (χ3n) is 2.34. The van der Waals surface area contributed by atoms with Gasteiger partial charge in [0.2, 0.25) is 0 Å². The van der Waals surface area contributed by atoms with Gasteiger partial charge in [-0.25, -0.2) is 4.98 Å². The van der Waals surface area contributed by atoms with E-state index < -0.39 is 17.7 Å². The number of carboxylic acids is 1. The first kappa shape index (κ1) is 13.5. The molecule has 0 unspecified atom stereocenters. The lowest BCUT2D eigenvalue weighted by atomic mass is 10.1. The van der Waals surface area contributed by atoms with E-state index in [0.29, 0.717) is 15.4 Å². The summed E-state index contributed by atoms with van der Waals surface area (Å²) in [5.74, 6) is -0.970. The van der Waals surface area contributed by atoms with E-state index in [1.807, 2.05) is 0 Å². The Kier molecular flexibility index (Phi) is 3.57. The van der Waals surface area contributed by atoms with Crippen molar-refractivity contribution in [2.75, 3.05) is 0 Å². The predicted octanol–water partition coefficient (Wildman–Crippen LogP) is 3.46. The van der Waals surface area contributed by atoms with Crippen LogP contribution in [0.15, 0.2) is 30.5 Å². The maximum atomic E-state index is 12.4. The Morgan fingerprint density at radius 2 is 1.89 bits per heavy atom. The number of aliphatic carboxylic acids is 1. The average Bonchev–Trinajstić information content (AvgIpc) is 2.75. The van der Waals surface area contributed by atoms with Gasteiger partial charge in [0.1, 0.15) is 5.01 Å². The monoisotopic (exact) mass is 287 g/mol. The summed E-state index contributed by atoms with van der Waals surface area (Å²) in [4.78, 5) is 15.1. The van der Waals surface area contributed by atoms with Crippen LogP contribution in [0.25, 0.3) is 10.6 Å². The fourth-order valence-corrected chi connectivity index (χ4v) is 2.38. The summed E-state index contributed by atoms with van der Waals surface area (Å²) in [6.07, 6.45) is -3.08. The number of carbonyl (C=O) groups is 1. The highest BCUT2D eigenvalue weighted by Gasteiger charge is 2.30. The van der Waals surface area contributed by atoms with Gasteiger partial charge in [0.15, 0.2) is 0 Å². The van der Waals surface area contributed by atoms with Gasteiger partial charge < -0.3 is 5.11 Å². The number of hydrogen-bond donors (Lipinski definition) is 1. The topological polar surface area (TPSA) is 50.2 Å². The van der Waals surface area contributed by atoms with E-state index in [0.717, 1.165) is 23.5 Å². The molecule has 0 saturated heterocycles. The van der Waals surface area contributed by atoms with Crippen molar-refractivity contribution >= 4 is 17.3 Å². The molecule has 1 aromatic carbocycles. The van der Waals surface area contributed by atoms with Gasteiger partial charge in [0, 0.05) is 16.6 Å². The SMILES string of the molecule is O=C(O)Cc1cnc(-c2ccc(C(F)(F)F)cc2)s1. The fraction of sp³-hybridized carbons (Fsp3) is 0.167. The molecule has 0 aliphatic carbocycles. The summed E-state index contributed by atoms with van der Waals surface area (Å²) in [6.45, 7) is 0. The highest BCUT2D eigenvalue weighted by Crippen LogP contribution is 2.32. The molecule has 1 N–H and O–H groups in total. The molecule has 0 radical (unpaired) electrons. The van der Waals surface area contributed by atoms with Crippen molar-refractivity contribution in [1.82, 2.24) is 4.98 Å². The minimum atomic E-state index is -4.37. The largest absolute Gasteiger partial charge is 0.481 e. The molecule has 0 bridgehead atoms. The van der Waals surface area contributed by atoms with Crippen molar-refractivity contribution in [3.63, 3.8) is 0 Å². The number of rotatable bonds is 3. The number of alkyl halides is 3. The van der Waals surface area contributed by atoms with Crippen LogP contribution in [0.4, 0.5) is 13.2 Å². The number of hydrogen-bond acceptors (Lipinski definition) is 3. The van der Waals surface area contributed by atoms with Crippen molar-refractivity contribution in [2.24, 2.45) is 0 Å². The summed E-state index contributed by atoms with van der Waals surface area (Å²) in [7, 11) is 0. The van der Waals surface area contributed by atoms with Crippen molar-refractivity contribution in [2.45, 2.75) is 12.6 Å². The predicted molar refractivity (Wildman–Crippen MR) is 63.9 cm³/mol. The van der Waals surface area contributed by atoms with E-state index in [2.05, 4.69) is 4.98 Å². The van der Waals surface area contributed by atoms with Gasteiger partial charge in [0.05, 0.1) is 12.0 Å². The highest BCUT2D eigenvalue weighted by atomic mass is 32.1. The number of nitrogens with zero attached hydrogens (tertiary/aromatic N) is 1. The third-order valence-corrected chi connectivity index (χ3v) is 3.38. The standard InChI is InChI=1S/C12H8F3NO2S/c13-12(14,15)8-3-1-7(2-4-8)11-16-6-9(19-11)5-10(17)18/h1-4,6H,5H2,(H,17,18). The van der Waals surface area contributed by atoms with Gasteiger partial charge in [-0.05, 0) is 12.1 Å².